The Labute approximate surface area is 78.9 Å². The molecular weight excluding hydrogens is 192 g/mol. The van der Waals surface area contributed by atoms with Crippen molar-refractivity contribution in [1.29, 1.82) is 0 Å². The molecule has 1 aliphatic heterocycles. The maximum absolute atomic E-state index is 11.2. The topological polar surface area (TPSA) is 95.0 Å². The second-order valence-corrected chi connectivity index (χ2v) is 2.75. The van der Waals surface area contributed by atoms with Gasteiger partial charge in [0.25, 0.3) is 0 Å². The van der Waals surface area contributed by atoms with Crippen LogP contribution in [-0.4, -0.2) is 52.3 Å². The molecule has 1 fully saturated rings. The molecule has 0 spiro atoms. The number of amides is 4. The molecule has 0 bridgehead atoms. The minimum absolute atomic E-state index is 0.275. The van der Waals surface area contributed by atoms with E-state index in [9.17, 15) is 19.2 Å². The Morgan fingerprint density at radius 3 is 2.21 bits per heavy atom. The summed E-state index contributed by atoms with van der Waals surface area (Å²) in [6, 6.07) is -0.777. The summed E-state index contributed by atoms with van der Waals surface area (Å²) >= 11 is 0. The largest absolute Gasteiger partial charge is 0.481 e. The third-order valence-electron chi connectivity index (χ3n) is 1.80. The number of hydrogen-bond donors (Lipinski definition) is 1. The minimum atomic E-state index is -1.13. The van der Waals surface area contributed by atoms with Crippen molar-refractivity contribution in [2.45, 2.75) is 6.42 Å². The van der Waals surface area contributed by atoms with E-state index < -0.39 is 23.8 Å². The van der Waals surface area contributed by atoms with Crippen molar-refractivity contribution in [2.75, 3.05) is 13.6 Å². The van der Waals surface area contributed by atoms with Gasteiger partial charge in [0, 0.05) is 13.6 Å². The molecule has 7 heteroatoms. The summed E-state index contributed by atoms with van der Waals surface area (Å²) in [5.74, 6) is -3.04. The summed E-state index contributed by atoms with van der Waals surface area (Å²) in [5, 5.41) is 8.33. The number of hydrogen-bond acceptors (Lipinski definition) is 4. The Balaban J connectivity index is 2.71. The van der Waals surface area contributed by atoms with E-state index >= 15 is 0 Å². The Morgan fingerprint density at radius 1 is 1.29 bits per heavy atom. The Kier molecular flexibility index (Phi) is 2.50. The van der Waals surface area contributed by atoms with Gasteiger partial charge >= 0.3 is 23.8 Å². The molecule has 0 aliphatic carbocycles. The van der Waals surface area contributed by atoms with Crippen LogP contribution in [0.1, 0.15) is 6.42 Å². The van der Waals surface area contributed by atoms with E-state index in [2.05, 4.69) is 0 Å². The van der Waals surface area contributed by atoms with Gasteiger partial charge in [-0.05, 0) is 0 Å². The smallest absolute Gasteiger partial charge is 0.333 e. The molecule has 1 rings (SSSR count). The van der Waals surface area contributed by atoms with Crippen molar-refractivity contribution in [3.05, 3.63) is 0 Å². The molecule has 1 N–H and O–H groups in total. The van der Waals surface area contributed by atoms with E-state index in [0.717, 1.165) is 0 Å². The second-order valence-electron chi connectivity index (χ2n) is 2.75. The van der Waals surface area contributed by atoms with Crippen LogP contribution in [-0.2, 0) is 14.4 Å². The second kappa shape index (κ2) is 3.44. The summed E-state index contributed by atoms with van der Waals surface area (Å²) in [7, 11) is 1.17. The predicted molar refractivity (Wildman–Crippen MR) is 42.1 cm³/mol. The van der Waals surface area contributed by atoms with Crippen LogP contribution in [0, 0.1) is 0 Å². The normalized spacial score (nSPS) is 16.8. The SMILES string of the molecule is CN1C(=O)C(=O)N(CCC(=O)O)C1=O. The van der Waals surface area contributed by atoms with Gasteiger partial charge in [0.05, 0.1) is 6.42 Å². The van der Waals surface area contributed by atoms with Crippen LogP contribution in [0.4, 0.5) is 4.79 Å². The predicted octanol–water partition coefficient (Wildman–Crippen LogP) is -1.12. The summed E-state index contributed by atoms with van der Waals surface area (Å²) in [5.41, 5.74) is 0. The van der Waals surface area contributed by atoms with Gasteiger partial charge in [0.15, 0.2) is 0 Å². The van der Waals surface area contributed by atoms with Crippen LogP contribution in [0.25, 0.3) is 0 Å². The maximum Gasteiger partial charge on any atom is 0.333 e. The van der Waals surface area contributed by atoms with Gasteiger partial charge in [-0.15, -0.1) is 0 Å². The van der Waals surface area contributed by atoms with Crippen LogP contribution in [0.5, 0.6) is 0 Å². The zero-order valence-corrected chi connectivity index (χ0v) is 7.39. The molecule has 4 amide bonds. The van der Waals surface area contributed by atoms with Crippen LogP contribution >= 0.6 is 0 Å². The lowest BCUT2D eigenvalue weighted by atomic mass is 10.4. The van der Waals surface area contributed by atoms with E-state index in [1.807, 2.05) is 0 Å². The van der Waals surface area contributed by atoms with E-state index in [0.29, 0.717) is 9.80 Å². The number of aliphatic carboxylic acids is 1. The maximum atomic E-state index is 11.2. The van der Waals surface area contributed by atoms with Crippen LogP contribution in [0.3, 0.4) is 0 Å². The van der Waals surface area contributed by atoms with Crippen molar-refractivity contribution in [3.8, 4) is 0 Å². The standard InChI is InChI=1S/C7H8N2O5/c1-8-5(12)6(13)9(7(8)14)3-2-4(10)11/h2-3H2,1H3,(H,10,11). The fourth-order valence-electron chi connectivity index (χ4n) is 1.02. The van der Waals surface area contributed by atoms with Crippen LogP contribution < -0.4 is 0 Å². The monoisotopic (exact) mass is 200 g/mol. The molecule has 0 unspecified atom stereocenters. The number of carboxylic acid groups (broad SMARTS) is 1. The third-order valence-corrected chi connectivity index (χ3v) is 1.80. The van der Waals surface area contributed by atoms with Crippen molar-refractivity contribution in [1.82, 2.24) is 9.80 Å². The van der Waals surface area contributed by atoms with Crippen molar-refractivity contribution < 1.29 is 24.3 Å². The summed E-state index contributed by atoms with van der Waals surface area (Å²) in [4.78, 5) is 44.6. The van der Waals surface area contributed by atoms with Gasteiger partial charge in [0.2, 0.25) is 0 Å². The number of carbonyl (C=O) groups is 4. The molecule has 76 valence electrons. The highest BCUT2D eigenvalue weighted by atomic mass is 16.4. The Bertz CT molecular complexity index is 324. The number of nitrogens with zero attached hydrogens (tertiary/aromatic N) is 2. The fraction of sp³-hybridized carbons (Fsp3) is 0.429. The highest BCUT2D eigenvalue weighted by Crippen LogP contribution is 2.09. The average Bonchev–Trinajstić information content (AvgIpc) is 2.29. The minimum Gasteiger partial charge on any atom is -0.481 e. The van der Waals surface area contributed by atoms with E-state index in [4.69, 9.17) is 5.11 Å². The van der Waals surface area contributed by atoms with Gasteiger partial charge < -0.3 is 5.11 Å². The highest BCUT2D eigenvalue weighted by molar-refractivity contribution is 6.44. The molecular formula is C7H8N2O5. The number of carboxylic acids is 1. The Hall–Kier alpha value is -1.92. The van der Waals surface area contributed by atoms with Crippen molar-refractivity contribution >= 4 is 23.8 Å². The first-order chi connectivity index (χ1) is 6.45. The van der Waals surface area contributed by atoms with Gasteiger partial charge in [-0.25, -0.2) is 4.79 Å². The lowest BCUT2D eigenvalue weighted by Crippen LogP contribution is -2.33. The van der Waals surface area contributed by atoms with E-state index in [-0.39, 0.29) is 13.0 Å². The number of rotatable bonds is 3. The summed E-state index contributed by atoms with van der Waals surface area (Å²) in [6.07, 6.45) is -0.363. The lowest BCUT2D eigenvalue weighted by molar-refractivity contribution is -0.143. The fourth-order valence-corrected chi connectivity index (χ4v) is 1.02. The first kappa shape index (κ1) is 10.2. The van der Waals surface area contributed by atoms with E-state index in [1.165, 1.54) is 7.05 Å². The summed E-state index contributed by atoms with van der Waals surface area (Å²) in [6.45, 7) is -0.275. The molecule has 0 aromatic rings. The molecule has 14 heavy (non-hydrogen) atoms. The van der Waals surface area contributed by atoms with Crippen LogP contribution in [0.2, 0.25) is 0 Å². The molecule has 0 radical (unpaired) electrons. The molecule has 0 aromatic carbocycles. The zero-order valence-electron chi connectivity index (χ0n) is 7.39. The zero-order chi connectivity index (χ0) is 10.9. The van der Waals surface area contributed by atoms with Gasteiger partial charge in [0.1, 0.15) is 0 Å². The van der Waals surface area contributed by atoms with Crippen LogP contribution in [0.15, 0.2) is 0 Å². The number of likely N-dealkylation sites (N-methyl/N-ethyl adjacent to an activating group) is 1. The number of carbonyl (C=O) groups excluding carboxylic acids is 3. The first-order valence-electron chi connectivity index (χ1n) is 3.80. The third kappa shape index (κ3) is 1.56. The molecule has 1 aliphatic rings. The highest BCUT2D eigenvalue weighted by Gasteiger charge is 2.41. The molecule has 0 aromatic heterocycles. The van der Waals surface area contributed by atoms with Gasteiger partial charge in [-0.3, -0.25) is 24.2 Å². The molecule has 0 saturated carbocycles. The molecule has 0 atom stereocenters. The average molecular weight is 200 g/mol. The number of urea groups is 1. The van der Waals surface area contributed by atoms with Gasteiger partial charge in [-0.2, -0.15) is 0 Å². The number of imide groups is 2. The van der Waals surface area contributed by atoms with Gasteiger partial charge in [-0.1, -0.05) is 0 Å². The lowest BCUT2D eigenvalue weighted by Gasteiger charge is -2.10. The van der Waals surface area contributed by atoms with Crippen molar-refractivity contribution in [2.24, 2.45) is 0 Å². The van der Waals surface area contributed by atoms with Crippen molar-refractivity contribution in [3.63, 3.8) is 0 Å². The Morgan fingerprint density at radius 2 is 1.86 bits per heavy atom. The molecule has 1 saturated heterocycles. The molecule has 7 nitrogen and oxygen atoms in total. The van der Waals surface area contributed by atoms with E-state index in [1.54, 1.807) is 0 Å². The molecule has 1 heterocycles. The first-order valence-corrected chi connectivity index (χ1v) is 3.80. The summed E-state index contributed by atoms with van der Waals surface area (Å²) < 4.78 is 0. The quantitative estimate of drug-likeness (QED) is 0.460.